The number of hydrogen-bond donors (Lipinski definition) is 2. The van der Waals surface area contributed by atoms with E-state index < -0.39 is 18.2 Å². The van der Waals surface area contributed by atoms with Crippen molar-refractivity contribution in [1.29, 1.82) is 0 Å². The van der Waals surface area contributed by atoms with Crippen LogP contribution in [0.15, 0.2) is 67.1 Å². The van der Waals surface area contributed by atoms with Crippen LogP contribution in [0.25, 0.3) is 11.0 Å². The number of ether oxygens (including phenoxy) is 5. The highest BCUT2D eigenvalue weighted by Gasteiger charge is 2.45. The van der Waals surface area contributed by atoms with Crippen LogP contribution in [0.3, 0.4) is 0 Å². The molecule has 0 aliphatic carbocycles. The molecule has 0 radical (unpaired) electrons. The molecule has 1 aliphatic rings. The van der Waals surface area contributed by atoms with Crippen molar-refractivity contribution >= 4 is 11.0 Å². The Hall–Kier alpha value is -3.54. The number of aliphatic hydroxyl groups is 1. The van der Waals surface area contributed by atoms with Crippen LogP contribution in [0.5, 0.6) is 11.6 Å². The van der Waals surface area contributed by atoms with Crippen molar-refractivity contribution in [3.05, 3.63) is 83.8 Å². The van der Waals surface area contributed by atoms with Gasteiger partial charge in [0, 0.05) is 18.9 Å². The molecule has 1 saturated heterocycles. The summed E-state index contributed by atoms with van der Waals surface area (Å²) >= 11 is 0. The van der Waals surface area contributed by atoms with Gasteiger partial charge in [0.2, 0.25) is 5.88 Å². The van der Waals surface area contributed by atoms with Gasteiger partial charge in [-0.15, -0.1) is 0 Å². The number of hydrogen-bond acceptors (Lipinski definition) is 9. The lowest BCUT2D eigenvalue weighted by Gasteiger charge is -2.22. The second kappa shape index (κ2) is 12.5. The first kappa shape index (κ1) is 27.0. The third-order valence-electron chi connectivity index (χ3n) is 6.93. The lowest BCUT2D eigenvalue weighted by molar-refractivity contribution is -0.0478. The van der Waals surface area contributed by atoms with Crippen molar-refractivity contribution in [2.45, 2.75) is 44.2 Å². The van der Waals surface area contributed by atoms with Crippen LogP contribution < -0.4 is 14.8 Å². The molecule has 5 rings (SSSR count). The monoisotopic (exact) mass is 534 g/mol. The number of methoxy groups -OCH3 is 3. The Balaban J connectivity index is 1.38. The van der Waals surface area contributed by atoms with Gasteiger partial charge in [-0.3, -0.25) is 0 Å². The van der Waals surface area contributed by atoms with Gasteiger partial charge < -0.3 is 38.7 Å². The molecule has 0 unspecified atom stereocenters. The Morgan fingerprint density at radius 1 is 0.923 bits per heavy atom. The highest BCUT2D eigenvalue weighted by Crippen LogP contribution is 2.36. The first-order chi connectivity index (χ1) is 19.1. The number of nitrogens with one attached hydrogen (secondary N) is 1. The molecule has 2 N–H and O–H groups in total. The zero-order valence-electron chi connectivity index (χ0n) is 22.3. The minimum atomic E-state index is -0.853. The number of aromatic nitrogens is 3. The number of benzene rings is 2. The summed E-state index contributed by atoms with van der Waals surface area (Å²) in [4.78, 5) is 8.86. The summed E-state index contributed by atoms with van der Waals surface area (Å²) in [7, 11) is 4.84. The van der Waals surface area contributed by atoms with Gasteiger partial charge in [-0.05, 0) is 23.3 Å². The van der Waals surface area contributed by atoms with Crippen molar-refractivity contribution in [3.63, 3.8) is 0 Å². The molecule has 1 aliphatic heterocycles. The van der Waals surface area contributed by atoms with Gasteiger partial charge in [0.05, 0.1) is 46.1 Å². The largest absolute Gasteiger partial charge is 0.497 e. The molecule has 4 atom stereocenters. The first-order valence-electron chi connectivity index (χ1n) is 12.8. The molecule has 206 valence electrons. The molecule has 0 amide bonds. The second-order valence-corrected chi connectivity index (χ2v) is 9.42. The Morgan fingerprint density at radius 3 is 2.41 bits per heavy atom. The Labute approximate surface area is 227 Å². The summed E-state index contributed by atoms with van der Waals surface area (Å²) in [6.45, 7) is 1.42. The van der Waals surface area contributed by atoms with E-state index in [1.54, 1.807) is 21.3 Å². The molecule has 0 saturated carbocycles. The van der Waals surface area contributed by atoms with E-state index >= 15 is 0 Å². The number of aliphatic hydroxyl groups excluding tert-OH is 1. The second-order valence-electron chi connectivity index (χ2n) is 9.42. The lowest BCUT2D eigenvalue weighted by Crippen LogP contribution is -2.38. The fraction of sp³-hybridized carbons (Fsp3) is 0.379. The lowest BCUT2D eigenvalue weighted by atomic mass is 10.0. The molecule has 4 aromatic rings. The molecule has 2 aromatic heterocycles. The van der Waals surface area contributed by atoms with Crippen molar-refractivity contribution in [1.82, 2.24) is 19.9 Å². The Kier molecular flexibility index (Phi) is 8.70. The average molecular weight is 535 g/mol. The van der Waals surface area contributed by atoms with Gasteiger partial charge in [-0.2, -0.15) is 4.98 Å². The van der Waals surface area contributed by atoms with E-state index in [2.05, 4.69) is 15.3 Å². The normalized spacial score (nSPS) is 20.9. The predicted molar refractivity (Wildman–Crippen MR) is 144 cm³/mol. The summed E-state index contributed by atoms with van der Waals surface area (Å²) in [5.41, 5.74) is 4.23. The summed E-state index contributed by atoms with van der Waals surface area (Å²) in [6.07, 6.45) is 2.04. The molecular formula is C29H34N4O6. The van der Waals surface area contributed by atoms with E-state index in [1.165, 1.54) is 6.33 Å². The number of rotatable bonds is 12. The van der Waals surface area contributed by atoms with Gasteiger partial charge in [-0.25, -0.2) is 4.98 Å². The zero-order chi connectivity index (χ0) is 27.2. The molecule has 2 aromatic carbocycles. The van der Waals surface area contributed by atoms with E-state index in [-0.39, 0.29) is 12.8 Å². The molecule has 3 heterocycles. The molecule has 1 fully saturated rings. The van der Waals surface area contributed by atoms with E-state index in [0.29, 0.717) is 36.7 Å². The minimum Gasteiger partial charge on any atom is -0.497 e. The molecule has 0 spiro atoms. The highest BCUT2D eigenvalue weighted by molar-refractivity contribution is 5.84. The van der Waals surface area contributed by atoms with Crippen molar-refractivity contribution < 1.29 is 28.8 Å². The van der Waals surface area contributed by atoms with Crippen LogP contribution in [0.1, 0.15) is 22.7 Å². The van der Waals surface area contributed by atoms with Crippen LogP contribution in [-0.2, 0) is 34.2 Å². The Morgan fingerprint density at radius 2 is 1.69 bits per heavy atom. The van der Waals surface area contributed by atoms with E-state index in [4.69, 9.17) is 23.7 Å². The predicted octanol–water partition coefficient (Wildman–Crippen LogP) is 3.23. The van der Waals surface area contributed by atoms with Gasteiger partial charge in [0.25, 0.3) is 0 Å². The quantitative estimate of drug-likeness (QED) is 0.283. The highest BCUT2D eigenvalue weighted by atomic mass is 16.5. The van der Waals surface area contributed by atoms with Crippen LogP contribution in [-0.4, -0.2) is 65.8 Å². The minimum absolute atomic E-state index is 0.232. The van der Waals surface area contributed by atoms with Gasteiger partial charge in [0.15, 0.2) is 0 Å². The first-order valence-corrected chi connectivity index (χ1v) is 12.8. The number of fused-ring (bicyclic) bond motifs is 1. The molecule has 0 bridgehead atoms. The topological polar surface area (TPSA) is 109 Å². The van der Waals surface area contributed by atoms with E-state index in [9.17, 15) is 5.11 Å². The zero-order valence-corrected chi connectivity index (χ0v) is 22.3. The maximum Gasteiger partial charge on any atom is 0.241 e. The summed E-state index contributed by atoms with van der Waals surface area (Å²) < 4.78 is 30.4. The maximum atomic E-state index is 11.5. The number of nitrogens with zero attached hydrogens (tertiary/aromatic N) is 3. The van der Waals surface area contributed by atoms with Crippen LogP contribution >= 0.6 is 0 Å². The standard InChI is InChI=1S/C29H34N4O6/c1-35-16-23-28(39-15-20-9-11-21(36-2)12-10-20)27(34)25(32-23)22-13-33(18-38-14-19-7-5-4-6-8-19)26-24(22)30-17-31-29(26)37-3/h4-13,17,23,25,27-28,32,34H,14-16,18H2,1-3H3/t23-,25+,27+,28-/m1/s1. The smallest absolute Gasteiger partial charge is 0.241 e. The Bertz CT molecular complexity index is 1350. The summed E-state index contributed by atoms with van der Waals surface area (Å²) in [5.74, 6) is 1.21. The third-order valence-corrected chi connectivity index (χ3v) is 6.93. The SMILES string of the molecule is COC[C@H]1N[C@@H](c2cn(COCc3ccccc3)c3c(OC)ncnc23)[C@H](O)[C@@H]1OCc1ccc(OC)cc1. The molecular weight excluding hydrogens is 500 g/mol. The van der Waals surface area contributed by atoms with Crippen LogP contribution in [0, 0.1) is 0 Å². The van der Waals surface area contributed by atoms with E-state index in [0.717, 1.165) is 22.4 Å². The van der Waals surface area contributed by atoms with Crippen molar-refractivity contribution in [2.24, 2.45) is 0 Å². The fourth-order valence-corrected chi connectivity index (χ4v) is 5.02. The van der Waals surface area contributed by atoms with Gasteiger partial charge in [-0.1, -0.05) is 42.5 Å². The molecule has 39 heavy (non-hydrogen) atoms. The summed E-state index contributed by atoms with van der Waals surface area (Å²) in [5, 5.41) is 15.0. The molecule has 10 nitrogen and oxygen atoms in total. The summed E-state index contributed by atoms with van der Waals surface area (Å²) in [6, 6.07) is 17.0. The molecule has 10 heteroatoms. The van der Waals surface area contributed by atoms with Crippen LogP contribution in [0.2, 0.25) is 0 Å². The third kappa shape index (κ3) is 5.90. The van der Waals surface area contributed by atoms with Crippen molar-refractivity contribution in [3.8, 4) is 11.6 Å². The average Bonchev–Trinajstić information content (AvgIpc) is 3.49. The van der Waals surface area contributed by atoms with Gasteiger partial charge >= 0.3 is 0 Å². The van der Waals surface area contributed by atoms with E-state index in [1.807, 2.05) is 65.4 Å². The van der Waals surface area contributed by atoms with Crippen LogP contribution in [0.4, 0.5) is 0 Å². The fourth-order valence-electron chi connectivity index (χ4n) is 5.02. The van der Waals surface area contributed by atoms with Gasteiger partial charge in [0.1, 0.15) is 42.0 Å². The maximum absolute atomic E-state index is 11.5. The van der Waals surface area contributed by atoms with Crippen molar-refractivity contribution in [2.75, 3.05) is 27.9 Å².